The Bertz CT molecular complexity index is 235. The molecule has 0 amide bonds. The molecule has 0 aliphatic rings. The van der Waals surface area contributed by atoms with Crippen LogP contribution in [0.25, 0.3) is 0 Å². The van der Waals surface area contributed by atoms with Crippen LogP contribution in [-0.4, -0.2) is 13.8 Å². The van der Waals surface area contributed by atoms with Gasteiger partial charge in [0.25, 0.3) is 0 Å². The number of hydrogen-bond donors (Lipinski definition) is 1. The number of aryl methyl sites for hydroxylation is 1. The maximum Gasteiger partial charge on any atom is 0.0964 e. The van der Waals surface area contributed by atoms with E-state index in [2.05, 4.69) is 36.5 Å². The molecule has 0 atom stereocenters. The zero-order valence-electron chi connectivity index (χ0n) is 7.63. The van der Waals surface area contributed by atoms with Crippen molar-refractivity contribution in [3.05, 3.63) is 35.4 Å². The third kappa shape index (κ3) is 3.03. The van der Waals surface area contributed by atoms with Crippen molar-refractivity contribution in [2.75, 3.05) is 13.8 Å². The van der Waals surface area contributed by atoms with Gasteiger partial charge in [-0.2, -0.15) is 0 Å². The van der Waals surface area contributed by atoms with Gasteiger partial charge in [-0.15, -0.1) is 0 Å². The average Bonchev–Trinajstić information content (AvgIpc) is 2.05. The Hall–Kier alpha value is -0.860. The van der Waals surface area contributed by atoms with Crippen molar-refractivity contribution in [3.8, 4) is 0 Å². The first-order valence-corrected chi connectivity index (χ1v) is 4.08. The fourth-order valence-electron chi connectivity index (χ4n) is 1.12. The molecule has 1 aromatic carbocycles. The van der Waals surface area contributed by atoms with Crippen LogP contribution in [0.3, 0.4) is 0 Å². The normalized spacial score (nSPS) is 10.2. The van der Waals surface area contributed by atoms with Gasteiger partial charge in [0.05, 0.1) is 6.73 Å². The van der Waals surface area contributed by atoms with Crippen molar-refractivity contribution in [1.82, 2.24) is 5.32 Å². The molecular formula is C10H15NO. The molecule has 12 heavy (non-hydrogen) atoms. The van der Waals surface area contributed by atoms with Crippen molar-refractivity contribution in [2.45, 2.75) is 13.5 Å². The molecule has 0 spiro atoms. The minimum absolute atomic E-state index is 0.605. The van der Waals surface area contributed by atoms with E-state index in [4.69, 9.17) is 4.74 Å². The highest BCUT2D eigenvalue weighted by Gasteiger charge is 1.90. The number of ether oxygens (including phenoxy) is 1. The minimum atomic E-state index is 0.605. The molecule has 0 radical (unpaired) electrons. The van der Waals surface area contributed by atoms with Crippen LogP contribution >= 0.6 is 0 Å². The van der Waals surface area contributed by atoms with E-state index in [1.165, 1.54) is 11.1 Å². The minimum Gasteiger partial charge on any atom is -0.370 e. The monoisotopic (exact) mass is 165 g/mol. The number of rotatable bonds is 4. The maximum absolute atomic E-state index is 4.88. The van der Waals surface area contributed by atoms with Gasteiger partial charge in [-0.25, -0.2) is 0 Å². The molecule has 1 N–H and O–H groups in total. The Morgan fingerprint density at radius 3 is 2.92 bits per heavy atom. The van der Waals surface area contributed by atoms with Crippen molar-refractivity contribution < 1.29 is 4.74 Å². The fourth-order valence-corrected chi connectivity index (χ4v) is 1.12. The first kappa shape index (κ1) is 9.23. The fraction of sp³-hybridized carbons (Fsp3) is 0.400. The number of nitrogens with one attached hydrogen (secondary N) is 1. The second-order valence-corrected chi connectivity index (χ2v) is 2.85. The quantitative estimate of drug-likeness (QED) is 0.541. The first-order valence-electron chi connectivity index (χ1n) is 4.08. The molecule has 2 nitrogen and oxygen atoms in total. The Labute approximate surface area is 73.6 Å². The summed E-state index contributed by atoms with van der Waals surface area (Å²) in [6, 6.07) is 8.44. The molecule has 2 heteroatoms. The van der Waals surface area contributed by atoms with Crippen LogP contribution in [0.2, 0.25) is 0 Å². The summed E-state index contributed by atoms with van der Waals surface area (Å²) >= 11 is 0. The van der Waals surface area contributed by atoms with Crippen molar-refractivity contribution in [2.24, 2.45) is 0 Å². The molecule has 1 rings (SSSR count). The number of benzene rings is 1. The maximum atomic E-state index is 4.88. The molecule has 0 saturated carbocycles. The summed E-state index contributed by atoms with van der Waals surface area (Å²) in [5, 5.41) is 3.16. The van der Waals surface area contributed by atoms with Gasteiger partial charge < -0.3 is 4.74 Å². The highest BCUT2D eigenvalue weighted by molar-refractivity contribution is 5.21. The van der Waals surface area contributed by atoms with Crippen LogP contribution < -0.4 is 5.32 Å². The lowest BCUT2D eigenvalue weighted by molar-refractivity contribution is 0.174. The Morgan fingerprint density at radius 1 is 1.42 bits per heavy atom. The number of methoxy groups -OCH3 is 1. The summed E-state index contributed by atoms with van der Waals surface area (Å²) in [4.78, 5) is 0. The second-order valence-electron chi connectivity index (χ2n) is 2.85. The molecule has 0 aliphatic heterocycles. The topological polar surface area (TPSA) is 21.3 Å². The van der Waals surface area contributed by atoms with Gasteiger partial charge in [0.15, 0.2) is 0 Å². The zero-order chi connectivity index (χ0) is 8.81. The summed E-state index contributed by atoms with van der Waals surface area (Å²) in [7, 11) is 1.68. The van der Waals surface area contributed by atoms with Gasteiger partial charge in [0.1, 0.15) is 0 Å². The molecule has 0 aliphatic carbocycles. The summed E-state index contributed by atoms with van der Waals surface area (Å²) in [6.45, 7) is 3.57. The highest BCUT2D eigenvalue weighted by Crippen LogP contribution is 2.02. The Balaban J connectivity index is 2.41. The third-order valence-corrected chi connectivity index (χ3v) is 1.66. The van der Waals surface area contributed by atoms with Crippen molar-refractivity contribution >= 4 is 0 Å². The van der Waals surface area contributed by atoms with E-state index in [-0.39, 0.29) is 0 Å². The van der Waals surface area contributed by atoms with Gasteiger partial charge >= 0.3 is 0 Å². The van der Waals surface area contributed by atoms with E-state index in [1.54, 1.807) is 7.11 Å². The standard InChI is InChI=1S/C10H15NO/c1-9-4-3-5-10(6-9)7-11-8-12-2/h3-6,11H,7-8H2,1-2H3. The molecule has 0 bridgehead atoms. The van der Waals surface area contributed by atoms with Gasteiger partial charge in [-0.3, -0.25) is 5.32 Å². The van der Waals surface area contributed by atoms with Crippen LogP contribution in [0.5, 0.6) is 0 Å². The van der Waals surface area contributed by atoms with E-state index in [1.807, 2.05) is 0 Å². The van der Waals surface area contributed by atoms with Crippen LogP contribution in [0.15, 0.2) is 24.3 Å². The van der Waals surface area contributed by atoms with Crippen LogP contribution in [0.4, 0.5) is 0 Å². The molecule has 1 aromatic rings. The second kappa shape index (κ2) is 4.91. The Morgan fingerprint density at radius 2 is 2.25 bits per heavy atom. The predicted octanol–water partition coefficient (Wildman–Crippen LogP) is 1.69. The largest absolute Gasteiger partial charge is 0.370 e. The van der Waals surface area contributed by atoms with Crippen LogP contribution in [0.1, 0.15) is 11.1 Å². The average molecular weight is 165 g/mol. The smallest absolute Gasteiger partial charge is 0.0964 e. The van der Waals surface area contributed by atoms with E-state index < -0.39 is 0 Å². The summed E-state index contributed by atoms with van der Waals surface area (Å²) in [5.41, 5.74) is 2.60. The third-order valence-electron chi connectivity index (χ3n) is 1.66. The van der Waals surface area contributed by atoms with Crippen molar-refractivity contribution in [3.63, 3.8) is 0 Å². The molecule has 0 saturated heterocycles. The summed E-state index contributed by atoms with van der Waals surface area (Å²) < 4.78 is 4.88. The van der Waals surface area contributed by atoms with Gasteiger partial charge in [0.2, 0.25) is 0 Å². The summed E-state index contributed by atoms with van der Waals surface area (Å²) in [6.07, 6.45) is 0. The zero-order valence-corrected chi connectivity index (χ0v) is 7.63. The molecule has 0 unspecified atom stereocenters. The van der Waals surface area contributed by atoms with Crippen LogP contribution in [0, 0.1) is 6.92 Å². The lowest BCUT2D eigenvalue weighted by atomic mass is 10.1. The number of hydrogen-bond acceptors (Lipinski definition) is 2. The van der Waals surface area contributed by atoms with E-state index in [0.717, 1.165) is 6.54 Å². The van der Waals surface area contributed by atoms with Gasteiger partial charge in [0, 0.05) is 13.7 Å². The SMILES string of the molecule is COCNCc1cccc(C)c1. The lowest BCUT2D eigenvalue weighted by Crippen LogP contribution is -2.15. The van der Waals surface area contributed by atoms with Crippen LogP contribution in [-0.2, 0) is 11.3 Å². The first-order chi connectivity index (χ1) is 5.83. The molecule has 0 fully saturated rings. The summed E-state index contributed by atoms with van der Waals surface area (Å²) in [5.74, 6) is 0. The van der Waals surface area contributed by atoms with E-state index >= 15 is 0 Å². The molecule has 66 valence electrons. The van der Waals surface area contributed by atoms with Gasteiger partial charge in [-0.05, 0) is 12.5 Å². The Kier molecular flexibility index (Phi) is 3.77. The van der Waals surface area contributed by atoms with Gasteiger partial charge in [-0.1, -0.05) is 29.8 Å². The predicted molar refractivity (Wildman–Crippen MR) is 49.9 cm³/mol. The van der Waals surface area contributed by atoms with E-state index in [0.29, 0.717) is 6.73 Å². The highest BCUT2D eigenvalue weighted by atomic mass is 16.5. The lowest BCUT2D eigenvalue weighted by Gasteiger charge is -2.03. The van der Waals surface area contributed by atoms with Crippen molar-refractivity contribution in [1.29, 1.82) is 0 Å². The molecular weight excluding hydrogens is 150 g/mol. The molecule has 0 heterocycles. The molecule has 0 aromatic heterocycles. The van der Waals surface area contributed by atoms with E-state index in [9.17, 15) is 0 Å².